The first-order valence-electron chi connectivity index (χ1n) is 47.4. The third-order valence-electron chi connectivity index (χ3n) is 6.57. The molecule has 4 saturated heterocycles. The van der Waals surface area contributed by atoms with Gasteiger partial charge < -0.3 is 92.9 Å². The molecule has 4 aromatic rings. The van der Waals surface area contributed by atoms with E-state index in [1.807, 2.05) is 0 Å². The summed E-state index contributed by atoms with van der Waals surface area (Å²) in [5.74, 6) is -5.00. The molecule has 32 heteroatoms. The number of ether oxygens (including phenoxy) is 4. The first kappa shape index (κ1) is 41.9. The van der Waals surface area contributed by atoms with Gasteiger partial charge in [-0.1, -0.05) is 71.1 Å². The number of hydrogen-bond donors (Lipinski definition) is 9. The van der Waals surface area contributed by atoms with E-state index >= 15 is 0 Å². The van der Waals surface area contributed by atoms with Gasteiger partial charge in [-0.3, -0.25) is 14.4 Å². The van der Waals surface area contributed by atoms with Crippen LogP contribution < -0.4 is 48.9 Å². The zero-order chi connectivity index (χ0) is 111. The van der Waals surface area contributed by atoms with E-state index in [0.29, 0.717) is 36.9 Å². The molecular formula is C61H93BrCl8MgN8O14. The molecule has 0 saturated carbocycles. The number of halogens is 9. The molecule has 22 nitrogen and oxygen atoms in total. The smallest absolute Gasteiger partial charge is 1.00 e. The van der Waals surface area contributed by atoms with Crippen LogP contribution in [-0.2, 0) is 18.9 Å². The molecule has 4 aliphatic rings. The molecule has 0 unspecified atom stereocenters. The van der Waals surface area contributed by atoms with Crippen molar-refractivity contribution in [2.45, 2.75) is 27.7 Å². The van der Waals surface area contributed by atoms with Crippen molar-refractivity contribution in [1.29, 1.82) is 0 Å². The molecule has 9 N–H and O–H groups in total. The van der Waals surface area contributed by atoms with Crippen molar-refractivity contribution in [3.8, 4) is 0 Å². The van der Waals surface area contributed by atoms with Gasteiger partial charge in [-0.15, -0.1) is 34.8 Å². The molecule has 0 bridgehead atoms. The number of benzene rings is 4. The Hall–Kier alpha value is -3.42. The number of aliphatic hydroxyl groups is 3. The van der Waals surface area contributed by atoms with Crippen molar-refractivity contribution in [3.05, 3.63) is 141 Å². The quantitative estimate of drug-likeness (QED) is 0.0206. The normalized spacial score (nSPS) is 26.9. The Labute approximate surface area is 682 Å². The van der Waals surface area contributed by atoms with Crippen molar-refractivity contribution in [1.82, 2.24) is 41.7 Å². The molecule has 8 rings (SSSR count). The summed E-state index contributed by atoms with van der Waals surface area (Å²) >= 11 is 40.3. The molecular weight excluding hydrogens is 1460 g/mol. The van der Waals surface area contributed by atoms with E-state index in [2.05, 4.69) is 41.0 Å². The maximum atomic E-state index is 11.7. The van der Waals surface area contributed by atoms with Gasteiger partial charge in [0, 0.05) is 211 Å². The topological polar surface area (TPSA) is 296 Å². The zero-order valence-electron chi connectivity index (χ0n) is 95.8. The average molecular weight is 1600 g/mol. The summed E-state index contributed by atoms with van der Waals surface area (Å²) in [5, 5.41) is 36.3. The van der Waals surface area contributed by atoms with E-state index in [9.17, 15) is 33.6 Å². The number of alkyl halides is 3. The average Bonchev–Trinajstić information content (AvgIpc) is 0.700. The Kier molecular flexibility index (Phi) is 38.1. The number of carbonyl (C=O) groups excluding carboxylic acids is 7. The Morgan fingerprint density at radius 1 is 0.548 bits per heavy atom. The zero-order valence-corrected chi connectivity index (χ0v) is 57.8. The molecule has 0 spiro atoms. The second-order valence-electron chi connectivity index (χ2n) is 12.6. The number of aldehydes is 3. The van der Waals surface area contributed by atoms with Gasteiger partial charge in [0.05, 0.1) is 70.8 Å². The monoisotopic (exact) mass is 1590 g/mol. The van der Waals surface area contributed by atoms with Crippen LogP contribution in [0.25, 0.3) is 0 Å². The van der Waals surface area contributed by atoms with E-state index in [4.69, 9.17) is 173 Å². The van der Waals surface area contributed by atoms with Crippen LogP contribution in [0.3, 0.4) is 0 Å². The first-order valence-corrected chi connectivity index (χ1v) is 27.1. The molecule has 526 valence electrons. The third kappa shape index (κ3) is 82.7. The number of amides is 2. The van der Waals surface area contributed by atoms with Crippen molar-refractivity contribution < 1.29 is 149 Å². The molecule has 4 aliphatic heterocycles. The Morgan fingerprint density at radius 3 is 1.24 bits per heavy atom. The van der Waals surface area contributed by atoms with E-state index < -0.39 is 187 Å². The van der Waals surface area contributed by atoms with Crippen LogP contribution in [0.5, 0.6) is 0 Å². The SMILES string of the molecule is CCOC(=O)Cl.CCOC(=O)Cl.[2H]C(=O)c1c([2H])c([2H])c(Cl)c([2H])c1[2H].[2H]C(=O)c1ccc(Cl)cc1.[2H]C([2H])(Cl)CO.[2H]C([2H])(O)C([2H])([2H])Cl.[2H]C([2H])(O)CCl.[2H]C1([2H])NC([2H])([2H])C([2H])([2H])N(C(=O)OCC)C1([2H])[2H].[2H]C1([2H])NC([2H])([2H])C([2H])([2H])NC1([2H])[2H].[2H]C1([2H])NCCN(C(=O)OCC)C1([2H])[2H].[2H]C1([2H])NCCNC1([2H])[2H].[2H]c1[c-]c([2H])c([2H])c([2H])c1[2H].[2H]c1c([2H])c(C=O)c([2H])c([2H])c1Cl.[Br-].[Mg+2]. The standard InChI is InChI=1S/3C7H5ClO.2C7H14N2O2.C6H5.2C4H10N2.2C3H5ClO2.3C2H5ClO.BrH.Mg/c3*8-7-3-1-6(5-9)2-4-7;2*1-2-11-7(10)9-5-3-8-4-6-9;1-2-4-6-5-3-1;2*1-2-6-4-3-5-1;2*1-2-6-3(4)5;3*3-1-2-4;;/h3*1-5H;2*8H,2-6H2,1H3;1-5H;2*5-6H,1-4H2;2*2H2,1H3;3*4H,1-2H2;1H;/q;;;;;-1;;;;;;;;;+2/p-1/i1D,2D,3D,4D,5D;1D,2D,3D,4D;5D;3D2,4D2,5D2,6D2;3D2,5D2;1D,2D,3D,4D,5D;1D2,2D2,3D2,4D2;1D2,2D2;;;1D2,2D2;2D2;1D2;;. The Morgan fingerprint density at radius 2 is 0.903 bits per heavy atom. The van der Waals surface area contributed by atoms with Gasteiger partial charge in [0.15, 0.2) is 0 Å². The fourth-order valence-corrected chi connectivity index (χ4v) is 3.94. The van der Waals surface area contributed by atoms with Crippen LogP contribution in [-0.4, -0.2) is 258 Å². The summed E-state index contributed by atoms with van der Waals surface area (Å²) in [5.41, 5.74) is -1.93. The molecule has 2 amide bonds. The fourth-order valence-electron chi connectivity index (χ4n) is 3.41. The van der Waals surface area contributed by atoms with Gasteiger partial charge in [0.1, 0.15) is 21.6 Å². The minimum atomic E-state index is -3.13. The maximum absolute atomic E-state index is 11.7. The number of hydrogen-bond acceptors (Lipinski definition) is 20. The van der Waals surface area contributed by atoms with Crippen molar-refractivity contribution >= 4 is 158 Å². The van der Waals surface area contributed by atoms with Crippen LogP contribution in [0.4, 0.5) is 19.2 Å². The van der Waals surface area contributed by atoms with Gasteiger partial charge in [-0.05, 0) is 66.7 Å². The Bertz CT molecular complexity index is 4410. The number of carbonyl (C=O) groups is 7. The molecule has 4 aromatic carbocycles. The second kappa shape index (κ2) is 84.7. The van der Waals surface area contributed by atoms with Crippen LogP contribution in [0.1, 0.15) is 123 Å². The van der Waals surface area contributed by atoms with E-state index in [1.54, 1.807) is 48.9 Å². The summed E-state index contributed by atoms with van der Waals surface area (Å²) in [6.07, 6.45) is -3.94. The van der Waals surface area contributed by atoms with Crippen LogP contribution >= 0.6 is 92.8 Å². The summed E-state index contributed by atoms with van der Waals surface area (Å²) in [7, 11) is 0. The van der Waals surface area contributed by atoms with Gasteiger partial charge in [-0.2, -0.15) is 36.3 Å². The molecule has 0 aliphatic carbocycles. The van der Waals surface area contributed by atoms with Crippen molar-refractivity contribution in [2.24, 2.45) is 0 Å². The number of nitrogens with one attached hydrogen (secondary N) is 6. The molecule has 0 radical (unpaired) electrons. The van der Waals surface area contributed by atoms with Gasteiger partial charge >= 0.3 is 46.1 Å². The summed E-state index contributed by atoms with van der Waals surface area (Å²) < 4.78 is 351. The molecule has 0 aromatic heterocycles. The van der Waals surface area contributed by atoms with Gasteiger partial charge in [0.25, 0.3) is 0 Å². The summed E-state index contributed by atoms with van der Waals surface area (Å²) in [4.78, 5) is 74.3. The van der Waals surface area contributed by atoms with E-state index in [0.717, 1.165) is 4.90 Å². The molecule has 4 fully saturated rings. The third-order valence-corrected chi connectivity index (χ3v) is 7.74. The van der Waals surface area contributed by atoms with Crippen molar-refractivity contribution in [2.75, 3.05) is 168 Å². The molecule has 93 heavy (non-hydrogen) atoms. The molecule has 0 atom stereocenters. The fraction of sp³-hybridized carbons (Fsp3) is 0.492. The van der Waals surface area contributed by atoms with Gasteiger partial charge in [0.2, 0.25) is 0 Å². The van der Waals surface area contributed by atoms with E-state index in [1.165, 1.54) is 19.1 Å². The summed E-state index contributed by atoms with van der Waals surface area (Å²) in [6, 6.07) is 3.05. The maximum Gasteiger partial charge on any atom is 2.00 e. The molecule has 4 heterocycles. The predicted molar refractivity (Wildman–Crippen MR) is 375 cm³/mol. The van der Waals surface area contributed by atoms with Gasteiger partial charge in [-0.25, -0.2) is 19.2 Å². The number of rotatable bonds is 10. The second-order valence-corrected chi connectivity index (χ2v) is 15.2. The van der Waals surface area contributed by atoms with Crippen LogP contribution in [0.2, 0.25) is 15.1 Å². The number of nitrogens with zero attached hydrogens (tertiary/aromatic N) is 2. The van der Waals surface area contributed by atoms with Crippen LogP contribution in [0, 0.1) is 6.07 Å². The van der Waals surface area contributed by atoms with Crippen LogP contribution in [0.15, 0.2) is 103 Å². The number of aliphatic hydroxyl groups excluding tert-OH is 1. The Balaban J connectivity index is -0.000000277. The number of piperazine rings is 4. The minimum Gasteiger partial charge on any atom is -1.00 e. The van der Waals surface area contributed by atoms with Crippen molar-refractivity contribution in [3.63, 3.8) is 0 Å². The van der Waals surface area contributed by atoms with E-state index in [-0.39, 0.29) is 141 Å². The first-order chi connectivity index (χ1) is 61.5. The largest absolute Gasteiger partial charge is 2.00 e. The minimum absolute atomic E-state index is 0. The predicted octanol–water partition coefficient (Wildman–Crippen LogP) is 6.44. The summed E-state index contributed by atoms with van der Waals surface area (Å²) in [6.45, 7) is -29.0.